The van der Waals surface area contributed by atoms with Crippen molar-refractivity contribution in [3.63, 3.8) is 0 Å². The molecule has 0 spiro atoms. The minimum absolute atomic E-state index is 0.187. The first-order valence-electron chi connectivity index (χ1n) is 4.39. The van der Waals surface area contributed by atoms with Gasteiger partial charge in [0, 0.05) is 6.20 Å². The standard InChI is InChI=1S/C10H6Cl2FN3/c1-5-8(13)9(12)16-10(15-5)7-3-2-6(11)4-14-7/h2-4H,1H3. The Morgan fingerprint density at radius 3 is 2.50 bits per heavy atom. The van der Waals surface area contributed by atoms with Crippen molar-refractivity contribution >= 4 is 23.2 Å². The summed E-state index contributed by atoms with van der Waals surface area (Å²) in [5.41, 5.74) is 0.682. The second kappa shape index (κ2) is 4.31. The number of halogens is 3. The monoisotopic (exact) mass is 257 g/mol. The van der Waals surface area contributed by atoms with Crippen LogP contribution in [0.3, 0.4) is 0 Å². The number of hydrogen-bond acceptors (Lipinski definition) is 3. The van der Waals surface area contributed by atoms with Crippen LogP contribution in [0.5, 0.6) is 0 Å². The van der Waals surface area contributed by atoms with E-state index in [1.54, 1.807) is 12.1 Å². The van der Waals surface area contributed by atoms with Gasteiger partial charge in [0.05, 0.1) is 10.7 Å². The molecule has 0 aliphatic carbocycles. The number of pyridine rings is 1. The van der Waals surface area contributed by atoms with Gasteiger partial charge in [-0.3, -0.25) is 4.98 Å². The van der Waals surface area contributed by atoms with E-state index in [-0.39, 0.29) is 16.7 Å². The Bertz CT molecular complexity index is 505. The van der Waals surface area contributed by atoms with Gasteiger partial charge in [-0.2, -0.15) is 0 Å². The number of hydrogen-bond donors (Lipinski definition) is 0. The lowest BCUT2D eigenvalue weighted by Gasteiger charge is -2.03. The molecule has 0 saturated carbocycles. The van der Waals surface area contributed by atoms with Crippen LogP contribution in [0.1, 0.15) is 5.69 Å². The highest BCUT2D eigenvalue weighted by Gasteiger charge is 2.11. The van der Waals surface area contributed by atoms with Crippen LogP contribution in [0.4, 0.5) is 4.39 Å². The Morgan fingerprint density at radius 2 is 1.94 bits per heavy atom. The van der Waals surface area contributed by atoms with Gasteiger partial charge in [-0.25, -0.2) is 14.4 Å². The predicted octanol–water partition coefficient (Wildman–Crippen LogP) is 3.29. The fraction of sp³-hybridized carbons (Fsp3) is 0.100. The van der Waals surface area contributed by atoms with Gasteiger partial charge in [0.25, 0.3) is 0 Å². The molecule has 3 nitrogen and oxygen atoms in total. The van der Waals surface area contributed by atoms with E-state index >= 15 is 0 Å². The Labute approximate surface area is 101 Å². The maximum Gasteiger partial charge on any atom is 0.181 e. The Balaban J connectivity index is 2.52. The van der Waals surface area contributed by atoms with Crippen molar-refractivity contribution in [3.8, 4) is 11.5 Å². The van der Waals surface area contributed by atoms with Crippen LogP contribution in [0.25, 0.3) is 11.5 Å². The Morgan fingerprint density at radius 1 is 1.19 bits per heavy atom. The maximum absolute atomic E-state index is 13.2. The summed E-state index contributed by atoms with van der Waals surface area (Å²) in [5.74, 6) is -0.333. The molecule has 82 valence electrons. The van der Waals surface area contributed by atoms with E-state index in [9.17, 15) is 4.39 Å². The topological polar surface area (TPSA) is 38.7 Å². The first-order valence-corrected chi connectivity index (χ1v) is 5.15. The number of aryl methyl sites for hydroxylation is 1. The van der Waals surface area contributed by atoms with Gasteiger partial charge < -0.3 is 0 Å². The van der Waals surface area contributed by atoms with E-state index in [1.807, 2.05) is 0 Å². The molecule has 16 heavy (non-hydrogen) atoms. The van der Waals surface area contributed by atoms with Crippen LogP contribution in [-0.4, -0.2) is 15.0 Å². The third kappa shape index (κ3) is 2.13. The average molecular weight is 258 g/mol. The highest BCUT2D eigenvalue weighted by Crippen LogP contribution is 2.20. The second-order valence-electron chi connectivity index (χ2n) is 3.10. The summed E-state index contributed by atoms with van der Waals surface area (Å²) in [6, 6.07) is 3.30. The lowest BCUT2D eigenvalue weighted by molar-refractivity contribution is 0.603. The van der Waals surface area contributed by atoms with Crippen LogP contribution in [0.2, 0.25) is 10.2 Å². The van der Waals surface area contributed by atoms with Crippen LogP contribution >= 0.6 is 23.2 Å². The SMILES string of the molecule is Cc1nc(-c2ccc(Cl)cn2)nc(Cl)c1F. The van der Waals surface area contributed by atoms with Gasteiger partial charge >= 0.3 is 0 Å². The van der Waals surface area contributed by atoms with Crippen LogP contribution in [-0.2, 0) is 0 Å². The van der Waals surface area contributed by atoms with Crippen LogP contribution < -0.4 is 0 Å². The number of nitrogens with zero attached hydrogens (tertiary/aromatic N) is 3. The lowest BCUT2D eigenvalue weighted by atomic mass is 10.3. The molecular formula is C10H6Cl2FN3. The van der Waals surface area contributed by atoms with Crippen molar-refractivity contribution in [2.45, 2.75) is 6.92 Å². The van der Waals surface area contributed by atoms with Crippen molar-refractivity contribution < 1.29 is 4.39 Å². The summed E-state index contributed by atoms with van der Waals surface area (Å²) in [6.45, 7) is 1.52. The Kier molecular flexibility index (Phi) is 3.03. The number of rotatable bonds is 1. The fourth-order valence-electron chi connectivity index (χ4n) is 1.15. The maximum atomic E-state index is 13.2. The van der Waals surface area contributed by atoms with Crippen LogP contribution in [0.15, 0.2) is 18.3 Å². The fourth-order valence-corrected chi connectivity index (χ4v) is 1.48. The minimum atomic E-state index is -0.612. The second-order valence-corrected chi connectivity index (χ2v) is 3.89. The molecule has 0 amide bonds. The molecule has 0 atom stereocenters. The molecule has 0 aliphatic rings. The molecule has 0 aliphatic heterocycles. The highest BCUT2D eigenvalue weighted by atomic mass is 35.5. The molecule has 2 aromatic rings. The molecule has 0 radical (unpaired) electrons. The first kappa shape index (κ1) is 11.2. The van der Waals surface area contributed by atoms with Crippen molar-refractivity contribution in [2.24, 2.45) is 0 Å². The van der Waals surface area contributed by atoms with Gasteiger partial charge in [0.15, 0.2) is 16.8 Å². The molecule has 0 saturated heterocycles. The summed E-state index contributed by atoms with van der Waals surface area (Å²) in [4.78, 5) is 11.8. The highest BCUT2D eigenvalue weighted by molar-refractivity contribution is 6.30. The minimum Gasteiger partial charge on any atom is -0.251 e. The molecule has 6 heteroatoms. The zero-order chi connectivity index (χ0) is 11.7. The van der Waals surface area contributed by atoms with Gasteiger partial charge in [0.2, 0.25) is 0 Å². The molecule has 0 fully saturated rings. The van der Waals surface area contributed by atoms with Crippen molar-refractivity contribution in [1.29, 1.82) is 0 Å². The van der Waals surface area contributed by atoms with Crippen LogP contribution in [0, 0.1) is 12.7 Å². The largest absolute Gasteiger partial charge is 0.251 e. The quantitative estimate of drug-likeness (QED) is 0.736. The summed E-state index contributed by atoms with van der Waals surface area (Å²) in [6.07, 6.45) is 1.47. The molecule has 0 aromatic carbocycles. The zero-order valence-corrected chi connectivity index (χ0v) is 9.72. The summed E-state index contributed by atoms with van der Waals surface area (Å²) < 4.78 is 13.2. The van der Waals surface area contributed by atoms with Gasteiger partial charge in [-0.05, 0) is 19.1 Å². The van der Waals surface area contributed by atoms with E-state index in [1.165, 1.54) is 13.1 Å². The van der Waals surface area contributed by atoms with Gasteiger partial charge in [0.1, 0.15) is 5.69 Å². The molecule has 2 aromatic heterocycles. The Hall–Kier alpha value is -1.26. The molecule has 0 unspecified atom stereocenters. The summed E-state index contributed by atoms with van der Waals surface area (Å²) in [7, 11) is 0. The zero-order valence-electron chi connectivity index (χ0n) is 8.21. The normalized spacial score (nSPS) is 10.5. The van der Waals surface area contributed by atoms with E-state index < -0.39 is 5.82 Å². The smallest absolute Gasteiger partial charge is 0.181 e. The summed E-state index contributed by atoms with van der Waals surface area (Å²) >= 11 is 11.3. The molecule has 0 bridgehead atoms. The molecule has 2 rings (SSSR count). The van der Waals surface area contributed by atoms with Gasteiger partial charge in [-0.15, -0.1) is 0 Å². The predicted molar refractivity (Wildman–Crippen MR) is 60.0 cm³/mol. The molecule has 0 N–H and O–H groups in total. The molecular weight excluding hydrogens is 252 g/mol. The van der Waals surface area contributed by atoms with Gasteiger partial charge in [-0.1, -0.05) is 23.2 Å². The average Bonchev–Trinajstić information content (AvgIpc) is 2.26. The van der Waals surface area contributed by atoms with E-state index in [0.717, 1.165) is 0 Å². The van der Waals surface area contributed by atoms with Crippen molar-refractivity contribution in [3.05, 3.63) is 40.0 Å². The molecule has 2 heterocycles. The number of aromatic nitrogens is 3. The van der Waals surface area contributed by atoms with E-state index in [4.69, 9.17) is 23.2 Å². The van der Waals surface area contributed by atoms with Crippen molar-refractivity contribution in [2.75, 3.05) is 0 Å². The van der Waals surface area contributed by atoms with E-state index in [2.05, 4.69) is 15.0 Å². The first-order chi connectivity index (χ1) is 7.58. The van der Waals surface area contributed by atoms with Crippen molar-refractivity contribution in [1.82, 2.24) is 15.0 Å². The summed E-state index contributed by atoms with van der Waals surface area (Å²) in [5, 5.41) is 0.299. The third-order valence-electron chi connectivity index (χ3n) is 1.93. The lowest BCUT2D eigenvalue weighted by Crippen LogP contribution is -1.98. The van der Waals surface area contributed by atoms with E-state index in [0.29, 0.717) is 10.7 Å². The third-order valence-corrected chi connectivity index (χ3v) is 2.41.